The maximum atomic E-state index is 9.64. The lowest BCUT2D eigenvalue weighted by Gasteiger charge is -2.23. The number of anilines is 2. The van der Waals surface area contributed by atoms with Gasteiger partial charge in [-0.2, -0.15) is 9.97 Å². The van der Waals surface area contributed by atoms with Crippen molar-refractivity contribution in [2.75, 3.05) is 17.2 Å². The minimum Gasteiger partial charge on any atom is -0.394 e. The summed E-state index contributed by atoms with van der Waals surface area (Å²) >= 11 is 0. The molecule has 0 bridgehead atoms. The number of aliphatic hydroxyl groups excluding tert-OH is 1. The number of fused-ring (bicyclic) bond motifs is 1. The zero-order chi connectivity index (χ0) is 22.7. The average molecular weight is 432 g/mol. The van der Waals surface area contributed by atoms with Gasteiger partial charge in [0, 0.05) is 24.3 Å². The van der Waals surface area contributed by atoms with E-state index in [1.165, 1.54) is 0 Å². The van der Waals surface area contributed by atoms with Crippen LogP contribution >= 0.6 is 0 Å². The highest BCUT2D eigenvalue weighted by Crippen LogP contribution is 2.25. The van der Waals surface area contributed by atoms with Gasteiger partial charge in [0.15, 0.2) is 17.0 Å². The molecular weight excluding hydrogens is 402 g/mol. The van der Waals surface area contributed by atoms with E-state index in [4.69, 9.17) is 0 Å². The SMILES string of the molecule is CC(C)n1cnc2c(NCc3ccc(-c4ccccn4)cc3)nc(NC(C)(C)CO)nc21. The number of nitrogens with one attached hydrogen (secondary N) is 2. The van der Waals surface area contributed by atoms with Crippen molar-refractivity contribution in [1.29, 1.82) is 0 Å². The fourth-order valence-corrected chi connectivity index (χ4v) is 3.33. The van der Waals surface area contributed by atoms with Crippen molar-refractivity contribution in [2.45, 2.75) is 45.8 Å². The molecule has 8 nitrogen and oxygen atoms in total. The van der Waals surface area contributed by atoms with Crippen LogP contribution in [0.1, 0.15) is 39.3 Å². The molecule has 0 atom stereocenters. The predicted octanol–water partition coefficient (Wildman–Crippen LogP) is 4.26. The second-order valence-corrected chi connectivity index (χ2v) is 8.75. The van der Waals surface area contributed by atoms with Gasteiger partial charge in [0.05, 0.1) is 24.2 Å². The molecule has 3 heterocycles. The normalized spacial score (nSPS) is 11.8. The highest BCUT2D eigenvalue weighted by Gasteiger charge is 2.20. The van der Waals surface area contributed by atoms with Gasteiger partial charge in [-0.05, 0) is 45.4 Å². The number of hydrogen-bond acceptors (Lipinski definition) is 7. The van der Waals surface area contributed by atoms with Crippen LogP contribution in [0, 0.1) is 0 Å². The van der Waals surface area contributed by atoms with Crippen LogP contribution in [0.2, 0.25) is 0 Å². The molecule has 4 aromatic rings. The monoisotopic (exact) mass is 431 g/mol. The molecule has 0 aliphatic carbocycles. The molecular formula is C24H29N7O. The van der Waals surface area contributed by atoms with E-state index in [1.54, 1.807) is 12.5 Å². The summed E-state index contributed by atoms with van der Waals surface area (Å²) in [6.45, 7) is 8.52. The van der Waals surface area contributed by atoms with Crippen LogP contribution in [0.5, 0.6) is 0 Å². The van der Waals surface area contributed by atoms with Gasteiger partial charge in [0.1, 0.15) is 0 Å². The quantitative estimate of drug-likeness (QED) is 0.383. The van der Waals surface area contributed by atoms with Gasteiger partial charge in [-0.15, -0.1) is 0 Å². The van der Waals surface area contributed by atoms with Gasteiger partial charge < -0.3 is 20.3 Å². The number of nitrogens with zero attached hydrogens (tertiary/aromatic N) is 5. The van der Waals surface area contributed by atoms with E-state index in [9.17, 15) is 5.11 Å². The maximum absolute atomic E-state index is 9.64. The van der Waals surface area contributed by atoms with Gasteiger partial charge in [-0.1, -0.05) is 30.3 Å². The predicted molar refractivity (Wildman–Crippen MR) is 127 cm³/mol. The molecule has 0 fully saturated rings. The largest absolute Gasteiger partial charge is 0.394 e. The number of imidazole rings is 1. The van der Waals surface area contributed by atoms with Crippen LogP contribution in [0.3, 0.4) is 0 Å². The van der Waals surface area contributed by atoms with Crippen molar-refractivity contribution < 1.29 is 5.11 Å². The first-order valence-corrected chi connectivity index (χ1v) is 10.7. The number of rotatable bonds is 8. The van der Waals surface area contributed by atoms with Crippen LogP contribution < -0.4 is 10.6 Å². The number of aromatic nitrogens is 5. The van der Waals surface area contributed by atoms with Crippen molar-refractivity contribution in [3.05, 3.63) is 60.6 Å². The van der Waals surface area contributed by atoms with Crippen molar-refractivity contribution in [1.82, 2.24) is 24.5 Å². The molecule has 32 heavy (non-hydrogen) atoms. The van der Waals surface area contributed by atoms with Crippen molar-refractivity contribution in [3.8, 4) is 11.3 Å². The van der Waals surface area contributed by atoms with E-state index in [1.807, 2.05) is 36.6 Å². The van der Waals surface area contributed by atoms with Crippen LogP contribution in [0.25, 0.3) is 22.4 Å². The molecule has 166 valence electrons. The molecule has 0 spiro atoms. The third-order valence-corrected chi connectivity index (χ3v) is 5.20. The van der Waals surface area contributed by atoms with E-state index in [0.717, 1.165) is 28.0 Å². The lowest BCUT2D eigenvalue weighted by Crippen LogP contribution is -2.35. The first-order valence-electron chi connectivity index (χ1n) is 10.7. The third kappa shape index (κ3) is 4.70. The fourth-order valence-electron chi connectivity index (χ4n) is 3.33. The summed E-state index contributed by atoms with van der Waals surface area (Å²) in [5.74, 6) is 1.10. The molecule has 0 amide bonds. The lowest BCUT2D eigenvalue weighted by atomic mass is 10.1. The highest BCUT2D eigenvalue weighted by atomic mass is 16.3. The van der Waals surface area contributed by atoms with Crippen molar-refractivity contribution in [2.24, 2.45) is 0 Å². The van der Waals surface area contributed by atoms with Crippen LogP contribution in [0.4, 0.5) is 11.8 Å². The standard InChI is InChI=1S/C24H29N7O/c1-16(2)31-15-27-20-21(28-23(29-22(20)31)30-24(3,4)14-32)26-13-17-8-10-18(11-9-17)19-7-5-6-12-25-19/h5-12,15-16,32H,13-14H2,1-4H3,(H2,26,28,29,30). The second-order valence-electron chi connectivity index (χ2n) is 8.75. The van der Waals surface area contributed by atoms with Gasteiger partial charge in [0.2, 0.25) is 5.95 Å². The Morgan fingerprint density at radius 1 is 1.03 bits per heavy atom. The number of benzene rings is 1. The molecule has 1 aromatic carbocycles. The highest BCUT2D eigenvalue weighted by molar-refractivity contribution is 5.84. The summed E-state index contributed by atoms with van der Waals surface area (Å²) in [6, 6.07) is 14.4. The minimum absolute atomic E-state index is 0.0385. The Labute approximate surface area is 187 Å². The Morgan fingerprint density at radius 2 is 1.81 bits per heavy atom. The summed E-state index contributed by atoms with van der Waals surface area (Å²) in [6.07, 6.45) is 3.59. The zero-order valence-corrected chi connectivity index (χ0v) is 18.9. The van der Waals surface area contributed by atoms with E-state index in [-0.39, 0.29) is 12.6 Å². The van der Waals surface area contributed by atoms with Crippen molar-refractivity contribution >= 4 is 22.9 Å². The average Bonchev–Trinajstić information content (AvgIpc) is 3.22. The summed E-state index contributed by atoms with van der Waals surface area (Å²) in [5, 5.41) is 16.3. The number of pyridine rings is 1. The number of hydrogen-bond donors (Lipinski definition) is 3. The fraction of sp³-hybridized carbons (Fsp3) is 0.333. The molecule has 3 aromatic heterocycles. The topological polar surface area (TPSA) is 101 Å². The van der Waals surface area contributed by atoms with Gasteiger partial charge in [-0.3, -0.25) is 4.98 Å². The third-order valence-electron chi connectivity index (χ3n) is 5.20. The summed E-state index contributed by atoms with van der Waals surface area (Å²) in [7, 11) is 0. The van der Waals surface area contributed by atoms with Gasteiger partial charge in [-0.25, -0.2) is 4.98 Å². The summed E-state index contributed by atoms with van der Waals surface area (Å²) in [5.41, 5.74) is 4.06. The van der Waals surface area contributed by atoms with E-state index in [0.29, 0.717) is 18.3 Å². The zero-order valence-electron chi connectivity index (χ0n) is 18.9. The van der Waals surface area contributed by atoms with Gasteiger partial charge >= 0.3 is 0 Å². The molecule has 0 saturated heterocycles. The molecule has 0 radical (unpaired) electrons. The first kappa shape index (κ1) is 21.7. The molecule has 3 N–H and O–H groups in total. The Kier molecular flexibility index (Phi) is 6.05. The molecule has 0 aliphatic heterocycles. The molecule has 8 heteroatoms. The maximum Gasteiger partial charge on any atom is 0.227 e. The Balaban J connectivity index is 1.60. The Hall–Kier alpha value is -3.52. The van der Waals surface area contributed by atoms with Crippen LogP contribution in [-0.2, 0) is 6.54 Å². The van der Waals surface area contributed by atoms with Crippen LogP contribution in [-0.4, -0.2) is 41.8 Å². The van der Waals surface area contributed by atoms with Crippen molar-refractivity contribution in [3.63, 3.8) is 0 Å². The van der Waals surface area contributed by atoms with Crippen LogP contribution in [0.15, 0.2) is 55.0 Å². The second kappa shape index (κ2) is 8.92. The molecule has 4 rings (SSSR count). The number of aliphatic hydroxyl groups is 1. The first-order chi connectivity index (χ1) is 15.4. The Morgan fingerprint density at radius 3 is 2.47 bits per heavy atom. The van der Waals surface area contributed by atoms with E-state index in [2.05, 4.69) is 68.7 Å². The molecule has 0 aliphatic rings. The van der Waals surface area contributed by atoms with Gasteiger partial charge in [0.25, 0.3) is 0 Å². The summed E-state index contributed by atoms with van der Waals surface area (Å²) < 4.78 is 2.01. The van der Waals surface area contributed by atoms with E-state index >= 15 is 0 Å². The molecule has 0 unspecified atom stereocenters. The minimum atomic E-state index is -0.547. The summed E-state index contributed by atoms with van der Waals surface area (Å²) in [4.78, 5) is 18.3. The Bertz CT molecular complexity index is 1180. The molecule has 0 saturated carbocycles. The smallest absolute Gasteiger partial charge is 0.227 e. The van der Waals surface area contributed by atoms with E-state index < -0.39 is 5.54 Å². The lowest BCUT2D eigenvalue weighted by molar-refractivity contribution is 0.233.